The van der Waals surface area contributed by atoms with Crippen molar-refractivity contribution in [1.82, 2.24) is 5.32 Å². The molecule has 0 aromatic heterocycles. The molecule has 17 heteroatoms. The molecule has 4 aliphatic rings. The molecule has 17 nitrogen and oxygen atoms in total. The topological polar surface area (TPSA) is 271 Å². The third-order valence-electron chi connectivity index (χ3n) is 10.4. The van der Waals surface area contributed by atoms with Crippen LogP contribution in [0.4, 0.5) is 5.69 Å². The van der Waals surface area contributed by atoms with E-state index < -0.39 is 134 Å². The van der Waals surface area contributed by atoms with E-state index in [1.807, 2.05) is 0 Å². The van der Waals surface area contributed by atoms with Gasteiger partial charge in [0.25, 0.3) is 0 Å². The molecule has 2 aromatic carbocycles. The lowest BCUT2D eigenvalue weighted by molar-refractivity contribution is -0.236. The fourth-order valence-electron chi connectivity index (χ4n) is 7.93. The zero-order chi connectivity index (χ0) is 37.6. The number of Topliss-reactive ketones (excluding diaryl/α,β-unsaturated/α-hetero) is 3. The number of nitrogens with one attached hydrogen (secondary N) is 1. The van der Waals surface area contributed by atoms with Gasteiger partial charge >= 0.3 is 5.97 Å². The molecule has 1 aliphatic heterocycles. The predicted molar refractivity (Wildman–Crippen MR) is 171 cm³/mol. The highest BCUT2D eigenvalue weighted by Crippen LogP contribution is 2.57. The number of aliphatic hydroxyl groups excluding tert-OH is 2. The first kappa shape index (κ1) is 36.1. The standard InChI is InChI=1S/C34H36N2O15/c1-10-18(32(45)49-5)25(41)21-14(22(10)35)8-17(38)34(50-6)30(44)20-13(29(43)33(21,34)46)7-12-19(24(20)40)16(37)9-15(23(12)39)36-31-28(48-4)26(42)27(47-3)11(2)51-31/h7,9,11,17,26-28,31,36,38,40-42,46H,8,35H2,1-6H3/t11-,17+,26+,27-,28+,31-,33-,34+/m0/s1. The maximum absolute atomic E-state index is 14.7. The van der Waals surface area contributed by atoms with Gasteiger partial charge in [0.2, 0.25) is 17.3 Å². The maximum atomic E-state index is 14.7. The molecule has 51 heavy (non-hydrogen) atoms. The monoisotopic (exact) mass is 712 g/mol. The van der Waals surface area contributed by atoms with Gasteiger partial charge in [-0.2, -0.15) is 0 Å². The van der Waals surface area contributed by atoms with Gasteiger partial charge in [-0.1, -0.05) is 0 Å². The van der Waals surface area contributed by atoms with Crippen LogP contribution in [-0.4, -0.2) is 125 Å². The van der Waals surface area contributed by atoms with Crippen LogP contribution in [-0.2, 0) is 35.7 Å². The van der Waals surface area contributed by atoms with E-state index in [1.165, 1.54) is 21.1 Å². The van der Waals surface area contributed by atoms with E-state index in [0.717, 1.165) is 26.4 Å². The maximum Gasteiger partial charge on any atom is 0.342 e. The molecule has 1 fully saturated rings. The van der Waals surface area contributed by atoms with Crippen LogP contribution in [0.25, 0.3) is 0 Å². The number of nitrogens with two attached hydrogens (primary N) is 1. The van der Waals surface area contributed by atoms with E-state index in [9.17, 15) is 49.5 Å². The average molecular weight is 713 g/mol. The van der Waals surface area contributed by atoms with Crippen LogP contribution < -0.4 is 11.1 Å². The molecule has 6 rings (SSSR count). The average Bonchev–Trinajstić information content (AvgIpc) is 3.08. The van der Waals surface area contributed by atoms with Crippen molar-refractivity contribution in [3.8, 4) is 11.5 Å². The normalized spacial score (nSPS) is 31.3. The van der Waals surface area contributed by atoms with Crippen molar-refractivity contribution in [2.75, 3.05) is 34.2 Å². The third kappa shape index (κ3) is 4.49. The molecule has 1 heterocycles. The van der Waals surface area contributed by atoms with Gasteiger partial charge in [0.1, 0.15) is 35.4 Å². The predicted octanol–water partition coefficient (Wildman–Crippen LogP) is -0.668. The van der Waals surface area contributed by atoms with Crippen LogP contribution in [0.2, 0.25) is 0 Å². The summed E-state index contributed by atoms with van der Waals surface area (Å²) in [4.78, 5) is 69.4. The van der Waals surface area contributed by atoms with Gasteiger partial charge < -0.3 is 60.3 Å². The second-order valence-electron chi connectivity index (χ2n) is 12.8. The lowest BCUT2D eigenvalue weighted by atomic mass is 9.56. The highest BCUT2D eigenvalue weighted by Gasteiger charge is 2.73. The van der Waals surface area contributed by atoms with Gasteiger partial charge in [-0.15, -0.1) is 0 Å². The molecule has 8 N–H and O–H groups in total. The number of phenols is 2. The number of nitrogen functional groups attached to an aromatic ring is 1. The Bertz CT molecular complexity index is 1970. The minimum Gasteiger partial charge on any atom is -0.507 e. The number of hydrogen-bond donors (Lipinski definition) is 7. The number of allylic oxidation sites excluding steroid dienone is 2. The van der Waals surface area contributed by atoms with Crippen molar-refractivity contribution >= 4 is 34.8 Å². The summed E-state index contributed by atoms with van der Waals surface area (Å²) in [5, 5.41) is 60.5. The van der Waals surface area contributed by atoms with Crippen molar-refractivity contribution in [2.45, 2.75) is 68.2 Å². The largest absolute Gasteiger partial charge is 0.507 e. The molecule has 0 amide bonds. The molecular formula is C34H36N2O15. The summed E-state index contributed by atoms with van der Waals surface area (Å²) in [6.45, 7) is 2.96. The quantitative estimate of drug-likeness (QED) is 0.111. The Morgan fingerprint density at radius 3 is 2.22 bits per heavy atom. The van der Waals surface area contributed by atoms with Gasteiger partial charge in [0, 0.05) is 56.2 Å². The van der Waals surface area contributed by atoms with Gasteiger partial charge in [-0.25, -0.2) is 4.79 Å². The minimum atomic E-state index is -3.32. The van der Waals surface area contributed by atoms with E-state index >= 15 is 0 Å². The van der Waals surface area contributed by atoms with E-state index in [4.69, 9.17) is 29.4 Å². The molecule has 0 spiro atoms. The Morgan fingerprint density at radius 1 is 0.980 bits per heavy atom. The van der Waals surface area contributed by atoms with Crippen molar-refractivity contribution in [1.29, 1.82) is 0 Å². The van der Waals surface area contributed by atoms with Gasteiger partial charge in [-0.05, 0) is 31.0 Å². The number of benzene rings is 2. The number of aromatic hydroxyl groups is 2. The number of anilines is 1. The number of carbonyl (C=O) groups is 5. The van der Waals surface area contributed by atoms with Crippen LogP contribution in [0.5, 0.6) is 11.5 Å². The van der Waals surface area contributed by atoms with Crippen molar-refractivity contribution in [2.24, 2.45) is 0 Å². The summed E-state index contributed by atoms with van der Waals surface area (Å²) >= 11 is 0. The Labute approximate surface area is 289 Å². The van der Waals surface area contributed by atoms with Crippen LogP contribution in [0.3, 0.4) is 0 Å². The molecule has 0 radical (unpaired) electrons. The highest BCUT2D eigenvalue weighted by molar-refractivity contribution is 6.31. The third-order valence-corrected chi connectivity index (χ3v) is 10.4. The number of phenolic OH excluding ortho intramolecular Hbond substituents is 2. The number of fused-ring (bicyclic) bond motifs is 5. The SMILES string of the molecule is COC(=O)c1c(C)c(N)c2c(c1O)[C@]1(O)C(=O)c3cc4c(c(O)c3C(=O)[C@]1(OC)[C@H](O)C2)C(=O)C=C(N[C@H]1O[C@@H](C)[C@H](OC)[C@@H](O)[C@H]1OC)C4=O. The molecule has 8 atom stereocenters. The lowest BCUT2D eigenvalue weighted by Gasteiger charge is -2.53. The van der Waals surface area contributed by atoms with E-state index in [2.05, 4.69) is 5.32 Å². The number of hydrogen-bond acceptors (Lipinski definition) is 17. The molecule has 0 saturated carbocycles. The van der Waals surface area contributed by atoms with E-state index in [-0.39, 0.29) is 16.8 Å². The number of ether oxygens (including phenoxy) is 5. The van der Waals surface area contributed by atoms with E-state index in [0.29, 0.717) is 0 Å². The summed E-state index contributed by atoms with van der Waals surface area (Å²) in [5.41, 5.74) is -4.89. The fraction of sp³-hybridized carbons (Fsp3) is 0.441. The molecule has 2 aromatic rings. The summed E-state index contributed by atoms with van der Waals surface area (Å²) in [6, 6.07) is 0.821. The van der Waals surface area contributed by atoms with Crippen molar-refractivity contribution in [3.63, 3.8) is 0 Å². The first-order valence-electron chi connectivity index (χ1n) is 15.6. The highest BCUT2D eigenvalue weighted by atomic mass is 16.6. The molecule has 272 valence electrons. The minimum absolute atomic E-state index is 0.00578. The number of rotatable bonds is 6. The molecule has 0 bridgehead atoms. The van der Waals surface area contributed by atoms with Crippen molar-refractivity contribution in [3.05, 3.63) is 62.3 Å². The second kappa shape index (κ2) is 12.2. The summed E-state index contributed by atoms with van der Waals surface area (Å²) in [7, 11) is 4.55. The summed E-state index contributed by atoms with van der Waals surface area (Å²) < 4.78 is 26.8. The first-order chi connectivity index (χ1) is 24.0. The number of aliphatic hydroxyl groups is 3. The van der Waals surface area contributed by atoms with Gasteiger partial charge in [0.15, 0.2) is 23.2 Å². The van der Waals surface area contributed by atoms with Gasteiger partial charge in [0.05, 0.1) is 36.1 Å². The fourth-order valence-corrected chi connectivity index (χ4v) is 7.93. The molecule has 0 unspecified atom stereocenters. The Kier molecular flexibility index (Phi) is 8.62. The Morgan fingerprint density at radius 2 is 1.63 bits per heavy atom. The van der Waals surface area contributed by atoms with Crippen molar-refractivity contribution < 1.29 is 73.2 Å². The van der Waals surface area contributed by atoms with Crippen LogP contribution in [0, 0.1) is 6.92 Å². The Balaban J connectivity index is 1.53. The first-order valence-corrected chi connectivity index (χ1v) is 15.6. The van der Waals surface area contributed by atoms with Crippen LogP contribution >= 0.6 is 0 Å². The van der Waals surface area contributed by atoms with Crippen LogP contribution in [0.15, 0.2) is 17.8 Å². The Hall–Kier alpha value is -4.75. The van der Waals surface area contributed by atoms with E-state index in [1.54, 1.807) is 6.92 Å². The zero-order valence-electron chi connectivity index (χ0n) is 28.2. The second-order valence-corrected chi connectivity index (χ2v) is 12.8. The van der Waals surface area contributed by atoms with Crippen LogP contribution in [0.1, 0.15) is 75.4 Å². The number of carbonyl (C=O) groups excluding carboxylic acids is 5. The molecule has 3 aliphatic carbocycles. The number of esters is 1. The molecule has 1 saturated heterocycles. The van der Waals surface area contributed by atoms with Gasteiger partial charge in [-0.3, -0.25) is 19.2 Å². The lowest BCUT2D eigenvalue weighted by Crippen LogP contribution is -2.73. The molecular weight excluding hydrogens is 676 g/mol. The smallest absolute Gasteiger partial charge is 0.342 e. The number of methoxy groups -OCH3 is 4. The number of ketones is 4. The summed E-state index contributed by atoms with van der Waals surface area (Å²) in [5.74, 6) is -7.97. The summed E-state index contributed by atoms with van der Waals surface area (Å²) in [6.07, 6.45) is -6.82. The zero-order valence-corrected chi connectivity index (χ0v) is 28.2.